The molecule has 0 aliphatic heterocycles. The fourth-order valence-electron chi connectivity index (χ4n) is 2.38. The fraction of sp³-hybridized carbons (Fsp3) is 0.562. The monoisotopic (exact) mass is 274 g/mol. The van der Waals surface area contributed by atoms with Crippen LogP contribution < -0.4 is 11.1 Å². The summed E-state index contributed by atoms with van der Waals surface area (Å²) in [5, 5.41) is 3.23. The van der Waals surface area contributed by atoms with E-state index >= 15 is 0 Å². The summed E-state index contributed by atoms with van der Waals surface area (Å²) >= 11 is 0. The summed E-state index contributed by atoms with van der Waals surface area (Å²) in [6.45, 7) is 2.54. The highest BCUT2D eigenvalue weighted by Crippen LogP contribution is 2.24. The molecule has 4 heteroatoms. The summed E-state index contributed by atoms with van der Waals surface area (Å²) in [5.41, 5.74) is 8.49. The molecule has 1 fully saturated rings. The van der Waals surface area contributed by atoms with Crippen LogP contribution in [0.2, 0.25) is 0 Å². The Morgan fingerprint density at radius 1 is 1.30 bits per heavy atom. The molecule has 1 aromatic rings. The van der Waals surface area contributed by atoms with Crippen LogP contribution in [0.3, 0.4) is 0 Å². The average Bonchev–Trinajstić information content (AvgIpc) is 2.35. The van der Waals surface area contributed by atoms with Crippen LogP contribution in [-0.2, 0) is 13.1 Å². The minimum Gasteiger partial charge on any atom is -0.370 e. The maximum atomic E-state index is 5.93. The second-order valence-electron chi connectivity index (χ2n) is 5.89. The minimum absolute atomic E-state index is 0.566. The number of benzene rings is 1. The first-order chi connectivity index (χ1) is 9.65. The SMILES string of the molecule is CN(C)Cc1ccccc1CN=C(N)NCC1CCC1. The Morgan fingerprint density at radius 2 is 2.00 bits per heavy atom. The number of nitrogens with two attached hydrogens (primary N) is 1. The molecule has 0 heterocycles. The minimum atomic E-state index is 0.566. The van der Waals surface area contributed by atoms with Gasteiger partial charge in [0.15, 0.2) is 5.96 Å². The number of aliphatic imine (C=N–C) groups is 1. The summed E-state index contributed by atoms with van der Waals surface area (Å²) in [7, 11) is 4.16. The van der Waals surface area contributed by atoms with Crippen molar-refractivity contribution in [1.29, 1.82) is 0 Å². The molecule has 0 amide bonds. The largest absolute Gasteiger partial charge is 0.370 e. The summed E-state index contributed by atoms with van der Waals surface area (Å²) in [5.74, 6) is 1.36. The van der Waals surface area contributed by atoms with Crippen LogP contribution in [-0.4, -0.2) is 31.5 Å². The van der Waals surface area contributed by atoms with Gasteiger partial charge in [0, 0.05) is 13.1 Å². The van der Waals surface area contributed by atoms with Gasteiger partial charge in [0.05, 0.1) is 6.54 Å². The molecule has 0 radical (unpaired) electrons. The van der Waals surface area contributed by atoms with E-state index in [4.69, 9.17) is 5.73 Å². The molecule has 0 spiro atoms. The van der Waals surface area contributed by atoms with E-state index in [1.165, 1.54) is 30.4 Å². The molecular weight excluding hydrogens is 248 g/mol. The van der Waals surface area contributed by atoms with Gasteiger partial charge in [-0.3, -0.25) is 0 Å². The summed E-state index contributed by atoms with van der Waals surface area (Å²) in [4.78, 5) is 6.62. The van der Waals surface area contributed by atoms with Crippen LogP contribution in [0.1, 0.15) is 30.4 Å². The van der Waals surface area contributed by atoms with Gasteiger partial charge in [-0.15, -0.1) is 0 Å². The van der Waals surface area contributed by atoms with Crippen molar-refractivity contribution in [2.24, 2.45) is 16.6 Å². The van der Waals surface area contributed by atoms with Crippen LogP contribution >= 0.6 is 0 Å². The van der Waals surface area contributed by atoms with E-state index in [9.17, 15) is 0 Å². The van der Waals surface area contributed by atoms with Crippen molar-refractivity contribution in [3.05, 3.63) is 35.4 Å². The molecular formula is C16H26N4. The van der Waals surface area contributed by atoms with E-state index in [1.54, 1.807) is 0 Å². The van der Waals surface area contributed by atoms with E-state index in [1.807, 2.05) is 0 Å². The molecule has 3 N–H and O–H groups in total. The smallest absolute Gasteiger partial charge is 0.188 e. The van der Waals surface area contributed by atoms with Gasteiger partial charge in [0.1, 0.15) is 0 Å². The lowest BCUT2D eigenvalue weighted by molar-refractivity contribution is 0.315. The van der Waals surface area contributed by atoms with Gasteiger partial charge in [0.2, 0.25) is 0 Å². The first kappa shape index (κ1) is 14.9. The molecule has 1 aliphatic carbocycles. The first-order valence-corrected chi connectivity index (χ1v) is 7.40. The molecule has 110 valence electrons. The Labute approximate surface area is 122 Å². The predicted molar refractivity (Wildman–Crippen MR) is 84.5 cm³/mol. The van der Waals surface area contributed by atoms with Crippen LogP contribution in [0, 0.1) is 5.92 Å². The maximum Gasteiger partial charge on any atom is 0.188 e. The highest BCUT2D eigenvalue weighted by atomic mass is 15.1. The topological polar surface area (TPSA) is 53.6 Å². The van der Waals surface area contributed by atoms with Gasteiger partial charge >= 0.3 is 0 Å². The van der Waals surface area contributed by atoms with Crippen molar-refractivity contribution in [3.63, 3.8) is 0 Å². The predicted octanol–water partition coefficient (Wildman–Crippen LogP) is 1.95. The lowest BCUT2D eigenvalue weighted by Gasteiger charge is -2.25. The van der Waals surface area contributed by atoms with Gasteiger partial charge in [0.25, 0.3) is 0 Å². The lowest BCUT2D eigenvalue weighted by Crippen LogP contribution is -2.37. The summed E-state index contributed by atoms with van der Waals surface area (Å²) in [6, 6.07) is 8.41. The molecule has 0 saturated heterocycles. The van der Waals surface area contributed by atoms with Crippen molar-refractivity contribution >= 4 is 5.96 Å². The zero-order valence-corrected chi connectivity index (χ0v) is 12.6. The molecule has 1 saturated carbocycles. The van der Waals surface area contributed by atoms with Crippen molar-refractivity contribution in [1.82, 2.24) is 10.2 Å². The van der Waals surface area contributed by atoms with Crippen LogP contribution in [0.5, 0.6) is 0 Å². The third kappa shape index (κ3) is 4.53. The molecule has 0 aromatic heterocycles. The van der Waals surface area contributed by atoms with Gasteiger partial charge in [-0.05, 0) is 44.0 Å². The third-order valence-corrected chi connectivity index (χ3v) is 3.82. The molecule has 4 nitrogen and oxygen atoms in total. The van der Waals surface area contributed by atoms with E-state index in [0.717, 1.165) is 19.0 Å². The van der Waals surface area contributed by atoms with Gasteiger partial charge in [-0.1, -0.05) is 30.7 Å². The van der Waals surface area contributed by atoms with E-state index in [-0.39, 0.29) is 0 Å². The van der Waals surface area contributed by atoms with Crippen LogP contribution in [0.15, 0.2) is 29.3 Å². The Morgan fingerprint density at radius 3 is 2.60 bits per heavy atom. The second kappa shape index (κ2) is 7.29. The molecule has 1 aromatic carbocycles. The van der Waals surface area contributed by atoms with Gasteiger partial charge in [-0.25, -0.2) is 4.99 Å². The van der Waals surface area contributed by atoms with Crippen LogP contribution in [0.4, 0.5) is 0 Å². The average molecular weight is 274 g/mol. The zero-order chi connectivity index (χ0) is 14.4. The Hall–Kier alpha value is -1.55. The van der Waals surface area contributed by atoms with Crippen molar-refractivity contribution in [2.45, 2.75) is 32.4 Å². The van der Waals surface area contributed by atoms with Crippen molar-refractivity contribution in [2.75, 3.05) is 20.6 Å². The zero-order valence-electron chi connectivity index (χ0n) is 12.6. The van der Waals surface area contributed by atoms with Crippen molar-refractivity contribution in [3.8, 4) is 0 Å². The van der Waals surface area contributed by atoms with Gasteiger partial charge in [-0.2, -0.15) is 0 Å². The molecule has 0 bridgehead atoms. The number of rotatable bonds is 6. The van der Waals surface area contributed by atoms with E-state index in [0.29, 0.717) is 12.5 Å². The van der Waals surface area contributed by atoms with Crippen LogP contribution in [0.25, 0.3) is 0 Å². The molecule has 0 atom stereocenters. The number of guanidine groups is 1. The maximum absolute atomic E-state index is 5.93. The summed E-state index contributed by atoms with van der Waals surface area (Å²) in [6.07, 6.45) is 4.01. The summed E-state index contributed by atoms with van der Waals surface area (Å²) < 4.78 is 0. The number of hydrogen-bond acceptors (Lipinski definition) is 2. The Bertz CT molecular complexity index is 450. The first-order valence-electron chi connectivity index (χ1n) is 7.40. The quantitative estimate of drug-likeness (QED) is 0.616. The normalized spacial score (nSPS) is 16.2. The number of nitrogens with one attached hydrogen (secondary N) is 1. The third-order valence-electron chi connectivity index (χ3n) is 3.82. The van der Waals surface area contributed by atoms with Crippen molar-refractivity contribution < 1.29 is 0 Å². The number of hydrogen-bond donors (Lipinski definition) is 2. The molecule has 1 aliphatic rings. The lowest BCUT2D eigenvalue weighted by atomic mass is 9.85. The highest BCUT2D eigenvalue weighted by molar-refractivity contribution is 5.77. The van der Waals surface area contributed by atoms with Gasteiger partial charge < -0.3 is 16.0 Å². The van der Waals surface area contributed by atoms with E-state index in [2.05, 4.69) is 53.6 Å². The Balaban J connectivity index is 1.88. The molecule has 0 unspecified atom stereocenters. The Kier molecular flexibility index (Phi) is 5.41. The van der Waals surface area contributed by atoms with E-state index < -0.39 is 0 Å². The molecule has 20 heavy (non-hydrogen) atoms. The highest BCUT2D eigenvalue weighted by Gasteiger charge is 2.16. The fourth-order valence-corrected chi connectivity index (χ4v) is 2.38. The number of nitrogens with zero attached hydrogens (tertiary/aromatic N) is 2. The second-order valence-corrected chi connectivity index (χ2v) is 5.89. The standard InChI is InChI=1S/C16H26N4/c1-20(2)12-15-9-4-3-8-14(15)11-19-16(17)18-10-13-6-5-7-13/h3-4,8-9,13H,5-7,10-12H2,1-2H3,(H3,17,18,19). The molecule has 2 rings (SSSR count).